The number of hydrogen-bond donors (Lipinski definition) is 1. The van der Waals surface area contributed by atoms with Crippen LogP contribution in [0.5, 0.6) is 11.5 Å². The first-order chi connectivity index (χ1) is 13.1. The first-order valence-corrected chi connectivity index (χ1v) is 9.06. The summed E-state index contributed by atoms with van der Waals surface area (Å²) in [6.45, 7) is 1.89. The van der Waals surface area contributed by atoms with E-state index in [1.54, 1.807) is 44.6 Å². The second kappa shape index (κ2) is 6.98. The molecule has 3 heterocycles. The van der Waals surface area contributed by atoms with E-state index in [0.29, 0.717) is 36.8 Å². The second-order valence-corrected chi connectivity index (χ2v) is 7.10. The highest BCUT2D eigenvalue weighted by atomic mass is 16.5. The lowest BCUT2D eigenvalue weighted by Crippen LogP contribution is -2.50. The minimum absolute atomic E-state index is 0.0428. The van der Waals surface area contributed by atoms with E-state index in [1.807, 2.05) is 15.5 Å². The number of rotatable bonds is 3. The van der Waals surface area contributed by atoms with Gasteiger partial charge < -0.3 is 24.3 Å². The molecule has 1 aromatic heterocycles. The monoisotopic (exact) mass is 369 g/mol. The number of pyridine rings is 1. The minimum Gasteiger partial charge on any atom is -0.497 e. The second-order valence-electron chi connectivity index (χ2n) is 7.10. The molecule has 0 radical (unpaired) electrons. The van der Waals surface area contributed by atoms with E-state index in [-0.39, 0.29) is 23.4 Å². The van der Waals surface area contributed by atoms with Crippen molar-refractivity contribution in [3.63, 3.8) is 0 Å². The van der Waals surface area contributed by atoms with Crippen LogP contribution in [0.3, 0.4) is 0 Å². The number of benzene rings is 1. The highest BCUT2D eigenvalue weighted by molar-refractivity contribution is 5.91. The molecule has 0 unspecified atom stereocenters. The summed E-state index contributed by atoms with van der Waals surface area (Å²) in [5.41, 5.74) is 1.64. The SMILES string of the molecule is COc1ccc(OC)c(NC(=O)N2C[C@@H]3C[C@@H](C2)c2cccc(=O)n2C3)c1. The Morgan fingerprint density at radius 2 is 1.96 bits per heavy atom. The molecule has 2 amide bonds. The van der Waals surface area contributed by atoms with E-state index in [1.165, 1.54) is 0 Å². The maximum atomic E-state index is 12.9. The normalized spacial score (nSPS) is 20.6. The average Bonchev–Trinajstić information content (AvgIpc) is 2.68. The van der Waals surface area contributed by atoms with Crippen molar-refractivity contribution in [2.24, 2.45) is 5.92 Å². The molecule has 7 heteroatoms. The lowest BCUT2D eigenvalue weighted by Gasteiger charge is -2.42. The third-order valence-corrected chi connectivity index (χ3v) is 5.42. The molecule has 7 nitrogen and oxygen atoms in total. The first kappa shape index (κ1) is 17.5. The third kappa shape index (κ3) is 3.25. The Morgan fingerprint density at radius 3 is 2.74 bits per heavy atom. The summed E-state index contributed by atoms with van der Waals surface area (Å²) in [4.78, 5) is 26.9. The molecule has 0 aliphatic carbocycles. The Hall–Kier alpha value is -2.96. The Kier molecular flexibility index (Phi) is 4.51. The molecule has 27 heavy (non-hydrogen) atoms. The fourth-order valence-corrected chi connectivity index (χ4v) is 4.17. The topological polar surface area (TPSA) is 72.8 Å². The maximum absolute atomic E-state index is 12.9. The largest absolute Gasteiger partial charge is 0.497 e. The van der Waals surface area contributed by atoms with Crippen molar-refractivity contribution in [2.45, 2.75) is 18.9 Å². The molecule has 1 aromatic carbocycles. The van der Waals surface area contributed by atoms with E-state index >= 15 is 0 Å². The van der Waals surface area contributed by atoms with Gasteiger partial charge in [0.15, 0.2) is 0 Å². The zero-order valence-corrected chi connectivity index (χ0v) is 15.5. The summed E-state index contributed by atoms with van der Waals surface area (Å²) in [5.74, 6) is 1.70. The van der Waals surface area contributed by atoms with Crippen molar-refractivity contribution in [2.75, 3.05) is 32.6 Å². The number of anilines is 1. The predicted octanol–water partition coefficient (Wildman–Crippen LogP) is 2.52. The van der Waals surface area contributed by atoms with Gasteiger partial charge in [0.05, 0.1) is 19.9 Å². The summed E-state index contributed by atoms with van der Waals surface area (Å²) in [7, 11) is 3.15. The average molecular weight is 369 g/mol. The van der Waals surface area contributed by atoms with Crippen LogP contribution in [0, 0.1) is 5.92 Å². The first-order valence-electron chi connectivity index (χ1n) is 9.06. The van der Waals surface area contributed by atoms with Crippen LogP contribution in [0.15, 0.2) is 41.2 Å². The molecular weight excluding hydrogens is 346 g/mol. The lowest BCUT2D eigenvalue weighted by atomic mass is 9.83. The molecule has 142 valence electrons. The van der Waals surface area contributed by atoms with Crippen LogP contribution < -0.4 is 20.3 Å². The van der Waals surface area contributed by atoms with Gasteiger partial charge in [-0.2, -0.15) is 0 Å². The molecular formula is C20H23N3O4. The van der Waals surface area contributed by atoms with E-state index in [2.05, 4.69) is 5.32 Å². The highest BCUT2D eigenvalue weighted by Crippen LogP contribution is 2.35. The standard InChI is InChI=1S/C20H23N3O4/c1-26-15-6-7-18(27-2)16(9-15)21-20(25)22-10-13-8-14(12-22)17-4-3-5-19(24)23(17)11-13/h3-7,9,13-14H,8,10-12H2,1-2H3,(H,21,25)/t13-,14-/m0/s1. The van der Waals surface area contributed by atoms with Crippen LogP contribution >= 0.6 is 0 Å². The van der Waals surface area contributed by atoms with E-state index in [9.17, 15) is 9.59 Å². The number of fused-ring (bicyclic) bond motifs is 4. The highest BCUT2D eigenvalue weighted by Gasteiger charge is 2.36. The van der Waals surface area contributed by atoms with Crippen molar-refractivity contribution < 1.29 is 14.3 Å². The maximum Gasteiger partial charge on any atom is 0.321 e. The van der Waals surface area contributed by atoms with Gasteiger partial charge in [0.25, 0.3) is 5.56 Å². The van der Waals surface area contributed by atoms with Crippen molar-refractivity contribution in [1.29, 1.82) is 0 Å². The molecule has 4 rings (SSSR count). The molecule has 2 bridgehead atoms. The summed E-state index contributed by atoms with van der Waals surface area (Å²) in [6, 6.07) is 10.5. The number of urea groups is 1. The zero-order valence-electron chi connectivity index (χ0n) is 15.5. The van der Waals surface area contributed by atoms with Crippen LogP contribution in [0.4, 0.5) is 10.5 Å². The van der Waals surface area contributed by atoms with Gasteiger partial charge in [0.1, 0.15) is 11.5 Å². The Morgan fingerprint density at radius 1 is 1.11 bits per heavy atom. The lowest BCUT2D eigenvalue weighted by molar-refractivity contribution is 0.139. The summed E-state index contributed by atoms with van der Waals surface area (Å²) in [5, 5.41) is 2.94. The van der Waals surface area contributed by atoms with Crippen molar-refractivity contribution in [1.82, 2.24) is 9.47 Å². The van der Waals surface area contributed by atoms with Crippen LogP contribution in [-0.2, 0) is 6.54 Å². The van der Waals surface area contributed by atoms with Gasteiger partial charge in [-0.1, -0.05) is 6.07 Å². The third-order valence-electron chi connectivity index (χ3n) is 5.42. The number of ether oxygens (including phenoxy) is 2. The number of nitrogens with zero attached hydrogens (tertiary/aromatic N) is 2. The molecule has 0 spiro atoms. The minimum atomic E-state index is -0.164. The molecule has 0 saturated carbocycles. The van der Waals surface area contributed by atoms with Crippen molar-refractivity contribution in [3.8, 4) is 11.5 Å². The number of carbonyl (C=O) groups excluding carboxylic acids is 1. The Labute approximate surface area is 157 Å². The zero-order chi connectivity index (χ0) is 19.0. The number of amides is 2. The molecule has 2 atom stereocenters. The molecule has 1 N–H and O–H groups in total. The fourth-order valence-electron chi connectivity index (χ4n) is 4.17. The van der Waals surface area contributed by atoms with Gasteiger partial charge in [0, 0.05) is 43.4 Å². The molecule has 2 aromatic rings. The van der Waals surface area contributed by atoms with Crippen molar-refractivity contribution in [3.05, 3.63) is 52.4 Å². The van der Waals surface area contributed by atoms with Crippen LogP contribution in [0.1, 0.15) is 18.0 Å². The number of nitrogens with one attached hydrogen (secondary N) is 1. The molecule has 1 saturated heterocycles. The van der Waals surface area contributed by atoms with Gasteiger partial charge in [-0.05, 0) is 30.5 Å². The number of methoxy groups -OCH3 is 2. The van der Waals surface area contributed by atoms with Gasteiger partial charge in [0.2, 0.25) is 0 Å². The van der Waals surface area contributed by atoms with Gasteiger partial charge >= 0.3 is 6.03 Å². The summed E-state index contributed by atoms with van der Waals surface area (Å²) >= 11 is 0. The quantitative estimate of drug-likeness (QED) is 0.902. The number of piperidine rings is 1. The number of aromatic nitrogens is 1. The van der Waals surface area contributed by atoms with E-state index < -0.39 is 0 Å². The van der Waals surface area contributed by atoms with Crippen molar-refractivity contribution >= 4 is 11.7 Å². The molecule has 2 aliphatic heterocycles. The Balaban J connectivity index is 1.54. The van der Waals surface area contributed by atoms with Crippen LogP contribution in [0.25, 0.3) is 0 Å². The van der Waals surface area contributed by atoms with E-state index in [0.717, 1.165) is 12.1 Å². The Bertz CT molecular complexity index is 924. The van der Waals surface area contributed by atoms with Crippen LogP contribution in [0.2, 0.25) is 0 Å². The number of hydrogen-bond acceptors (Lipinski definition) is 4. The number of likely N-dealkylation sites (tertiary alicyclic amines) is 1. The fraction of sp³-hybridized carbons (Fsp3) is 0.400. The summed E-state index contributed by atoms with van der Waals surface area (Å²) < 4.78 is 12.4. The van der Waals surface area contributed by atoms with Gasteiger partial charge in [-0.25, -0.2) is 4.79 Å². The van der Waals surface area contributed by atoms with E-state index in [4.69, 9.17) is 9.47 Å². The summed E-state index contributed by atoms with van der Waals surface area (Å²) in [6.07, 6.45) is 1.01. The van der Waals surface area contributed by atoms with Gasteiger partial charge in [-0.3, -0.25) is 4.79 Å². The predicted molar refractivity (Wildman–Crippen MR) is 102 cm³/mol. The smallest absolute Gasteiger partial charge is 0.321 e. The number of carbonyl (C=O) groups is 1. The van der Waals surface area contributed by atoms with Gasteiger partial charge in [-0.15, -0.1) is 0 Å². The van der Waals surface area contributed by atoms with Crippen LogP contribution in [-0.4, -0.2) is 42.8 Å². The molecule has 2 aliphatic rings. The molecule has 1 fully saturated rings.